The summed E-state index contributed by atoms with van der Waals surface area (Å²) in [5.41, 5.74) is 4.44. The van der Waals surface area contributed by atoms with E-state index in [4.69, 9.17) is 9.73 Å². The first-order valence-corrected chi connectivity index (χ1v) is 12.3. The minimum atomic E-state index is -0.550. The van der Waals surface area contributed by atoms with Gasteiger partial charge in [0, 0.05) is 25.4 Å². The Morgan fingerprint density at radius 1 is 1.14 bits per heavy atom. The van der Waals surface area contributed by atoms with Gasteiger partial charge in [-0.3, -0.25) is 15.0 Å². The van der Waals surface area contributed by atoms with E-state index in [1.165, 1.54) is 19.1 Å². The molecule has 0 spiro atoms. The van der Waals surface area contributed by atoms with Gasteiger partial charge in [-0.25, -0.2) is 13.8 Å². The van der Waals surface area contributed by atoms with Crippen molar-refractivity contribution in [1.29, 1.82) is 0 Å². The molecule has 2 heterocycles. The number of ether oxygens (including phenoxy) is 1. The third kappa shape index (κ3) is 4.85. The van der Waals surface area contributed by atoms with Gasteiger partial charge in [-0.1, -0.05) is 6.07 Å². The lowest BCUT2D eigenvalue weighted by atomic mass is 10.0. The van der Waals surface area contributed by atoms with Gasteiger partial charge in [-0.05, 0) is 81.0 Å². The van der Waals surface area contributed by atoms with Crippen LogP contribution < -0.4 is 9.75 Å². The molecule has 0 atom stereocenters. The predicted molar refractivity (Wildman–Crippen MR) is 139 cm³/mol. The largest absolute Gasteiger partial charge is 0.495 e. The number of aromatic nitrogens is 2. The summed E-state index contributed by atoms with van der Waals surface area (Å²) in [6.45, 7) is 4.12. The number of aliphatic imine (C=N–C) groups is 1. The van der Waals surface area contributed by atoms with Crippen molar-refractivity contribution >= 4 is 17.6 Å². The number of rotatable bonds is 6. The SMILES string of the molecule is COc1cc(C=C2CCCN(N(C)c3cc(F)c(C)c(F)c3)C2=NC2CC2)ccc1-n1cnc(C)c1. The number of halogens is 2. The number of anilines is 1. The molecule has 1 aromatic heterocycles. The normalized spacial score (nSPS) is 18.2. The molecule has 0 amide bonds. The van der Waals surface area contributed by atoms with E-state index in [1.807, 2.05) is 46.9 Å². The van der Waals surface area contributed by atoms with Crippen molar-refractivity contribution in [3.63, 3.8) is 0 Å². The molecule has 6 nitrogen and oxygen atoms in total. The van der Waals surface area contributed by atoms with Crippen LogP contribution in [0.15, 0.2) is 53.4 Å². The molecular formula is C28H31F2N5O. The fraction of sp³-hybridized carbons (Fsp3) is 0.357. The summed E-state index contributed by atoms with van der Waals surface area (Å²) in [5, 5.41) is 3.85. The molecule has 0 radical (unpaired) electrons. The fourth-order valence-electron chi connectivity index (χ4n) is 4.47. The first-order valence-electron chi connectivity index (χ1n) is 12.3. The van der Waals surface area contributed by atoms with Gasteiger partial charge in [0.15, 0.2) is 0 Å². The zero-order chi connectivity index (χ0) is 25.4. The quantitative estimate of drug-likeness (QED) is 0.433. The van der Waals surface area contributed by atoms with E-state index < -0.39 is 11.6 Å². The van der Waals surface area contributed by atoms with Gasteiger partial charge in [-0.15, -0.1) is 0 Å². The Labute approximate surface area is 210 Å². The van der Waals surface area contributed by atoms with Gasteiger partial charge in [0.05, 0.1) is 36.5 Å². The highest BCUT2D eigenvalue weighted by Gasteiger charge is 2.29. The zero-order valence-electron chi connectivity index (χ0n) is 21.1. The average molecular weight is 492 g/mol. The molecule has 2 aliphatic rings. The van der Waals surface area contributed by atoms with Gasteiger partial charge in [0.1, 0.15) is 23.2 Å². The number of hydrogen-bond donors (Lipinski definition) is 0. The monoisotopic (exact) mass is 491 g/mol. The maximum Gasteiger partial charge on any atom is 0.146 e. The molecule has 2 fully saturated rings. The third-order valence-corrected chi connectivity index (χ3v) is 6.74. The molecule has 8 heteroatoms. The predicted octanol–water partition coefficient (Wildman–Crippen LogP) is 5.87. The van der Waals surface area contributed by atoms with Gasteiger partial charge in [-0.2, -0.15) is 0 Å². The van der Waals surface area contributed by atoms with E-state index in [1.54, 1.807) is 13.4 Å². The van der Waals surface area contributed by atoms with Crippen molar-refractivity contribution in [2.75, 3.05) is 25.7 Å². The molecule has 1 saturated heterocycles. The number of methoxy groups -OCH3 is 1. The molecule has 5 rings (SSSR count). The smallest absolute Gasteiger partial charge is 0.146 e. The van der Waals surface area contributed by atoms with Crippen LogP contribution in [-0.2, 0) is 0 Å². The standard InChI is InChI=1S/C28H31F2N5O/c1-18-16-34(17-31-18)26-10-7-20(13-27(26)36-4)12-21-6-5-11-35(28(21)32-22-8-9-22)33(3)23-14-24(29)19(2)25(30)15-23/h7,10,12-17,22H,5-6,8-9,11H2,1-4H3. The van der Waals surface area contributed by atoms with Crippen molar-refractivity contribution in [1.82, 2.24) is 14.6 Å². The lowest BCUT2D eigenvalue weighted by Crippen LogP contribution is -2.48. The Morgan fingerprint density at radius 2 is 1.89 bits per heavy atom. The molecule has 1 saturated carbocycles. The second-order valence-electron chi connectivity index (χ2n) is 9.49. The molecule has 1 aliphatic carbocycles. The summed E-state index contributed by atoms with van der Waals surface area (Å²) in [6, 6.07) is 9.15. The second kappa shape index (κ2) is 9.76. The maximum atomic E-state index is 14.3. The van der Waals surface area contributed by atoms with Gasteiger partial charge in [0.2, 0.25) is 0 Å². The van der Waals surface area contributed by atoms with Gasteiger partial charge in [0.25, 0.3) is 0 Å². The fourth-order valence-corrected chi connectivity index (χ4v) is 4.47. The summed E-state index contributed by atoms with van der Waals surface area (Å²) < 4.78 is 36.3. The highest BCUT2D eigenvalue weighted by molar-refractivity contribution is 6.03. The molecule has 2 aromatic carbocycles. The van der Waals surface area contributed by atoms with Crippen LogP contribution in [0.1, 0.15) is 42.5 Å². The molecule has 0 bridgehead atoms. The average Bonchev–Trinajstić information content (AvgIpc) is 3.59. The lowest BCUT2D eigenvalue weighted by molar-refractivity contribution is 0.379. The van der Waals surface area contributed by atoms with Crippen molar-refractivity contribution in [3.8, 4) is 11.4 Å². The first kappa shape index (κ1) is 24.0. The number of piperidine rings is 1. The number of aryl methyl sites for hydroxylation is 1. The van der Waals surface area contributed by atoms with E-state index in [-0.39, 0.29) is 5.56 Å². The number of benzene rings is 2. The maximum absolute atomic E-state index is 14.3. The lowest BCUT2D eigenvalue weighted by Gasteiger charge is -2.40. The Bertz CT molecular complexity index is 1320. The number of nitrogens with zero attached hydrogens (tertiary/aromatic N) is 5. The summed E-state index contributed by atoms with van der Waals surface area (Å²) in [4.78, 5) is 9.34. The highest BCUT2D eigenvalue weighted by atomic mass is 19.1. The molecule has 36 heavy (non-hydrogen) atoms. The van der Waals surface area contributed by atoms with Crippen LogP contribution in [0.3, 0.4) is 0 Å². The Kier molecular flexibility index (Phi) is 6.51. The third-order valence-electron chi connectivity index (χ3n) is 6.74. The zero-order valence-corrected chi connectivity index (χ0v) is 21.1. The summed E-state index contributed by atoms with van der Waals surface area (Å²) in [6.07, 6.45) is 9.78. The van der Waals surface area contributed by atoms with E-state index in [2.05, 4.69) is 17.1 Å². The van der Waals surface area contributed by atoms with E-state index in [0.717, 1.165) is 66.3 Å². The Balaban J connectivity index is 1.49. The molecule has 1 aliphatic heterocycles. The number of amidine groups is 1. The molecule has 188 valence electrons. The minimum absolute atomic E-state index is 0.0292. The van der Waals surface area contributed by atoms with Crippen molar-refractivity contribution in [3.05, 3.63) is 76.9 Å². The van der Waals surface area contributed by atoms with E-state index >= 15 is 0 Å². The Morgan fingerprint density at radius 3 is 2.53 bits per heavy atom. The Hall–Kier alpha value is -3.68. The molecule has 3 aromatic rings. The van der Waals surface area contributed by atoms with Crippen LogP contribution in [0, 0.1) is 25.5 Å². The minimum Gasteiger partial charge on any atom is -0.495 e. The summed E-state index contributed by atoms with van der Waals surface area (Å²) in [7, 11) is 3.50. The number of hydrazine groups is 1. The van der Waals surface area contributed by atoms with Gasteiger partial charge >= 0.3 is 0 Å². The van der Waals surface area contributed by atoms with Crippen LogP contribution in [0.25, 0.3) is 11.8 Å². The van der Waals surface area contributed by atoms with Crippen LogP contribution in [-0.4, -0.2) is 47.1 Å². The molecule has 0 unspecified atom stereocenters. The van der Waals surface area contributed by atoms with E-state index in [0.29, 0.717) is 11.7 Å². The summed E-state index contributed by atoms with van der Waals surface area (Å²) >= 11 is 0. The number of hydrogen-bond acceptors (Lipinski definition) is 4. The van der Waals surface area contributed by atoms with Crippen molar-refractivity contribution in [2.24, 2.45) is 4.99 Å². The number of imidazole rings is 1. The summed E-state index contributed by atoms with van der Waals surface area (Å²) in [5.74, 6) is 0.509. The second-order valence-corrected chi connectivity index (χ2v) is 9.49. The van der Waals surface area contributed by atoms with Crippen LogP contribution in [0.4, 0.5) is 14.5 Å². The van der Waals surface area contributed by atoms with Crippen LogP contribution in [0.2, 0.25) is 0 Å². The topological polar surface area (TPSA) is 45.9 Å². The van der Waals surface area contributed by atoms with Crippen LogP contribution in [0.5, 0.6) is 5.75 Å². The molecular weight excluding hydrogens is 460 g/mol. The van der Waals surface area contributed by atoms with Crippen molar-refractivity contribution < 1.29 is 13.5 Å². The first-order chi connectivity index (χ1) is 17.3. The highest BCUT2D eigenvalue weighted by Crippen LogP contribution is 2.32. The molecule has 0 N–H and O–H groups in total. The van der Waals surface area contributed by atoms with Crippen molar-refractivity contribution in [2.45, 2.75) is 45.6 Å². The van der Waals surface area contributed by atoms with Gasteiger partial charge < -0.3 is 9.30 Å². The van der Waals surface area contributed by atoms with E-state index in [9.17, 15) is 8.78 Å². The van der Waals surface area contributed by atoms with Crippen LogP contribution >= 0.6 is 0 Å².